The van der Waals surface area contributed by atoms with Gasteiger partial charge in [-0.15, -0.1) is 0 Å². The standard InChI is InChI=1S/C7H7FN2O/c1-4-2-6(7(9)11)10-3-5(4)8/h2-3H,1H3,(H2,9,11). The van der Waals surface area contributed by atoms with Crippen LogP contribution in [0.3, 0.4) is 0 Å². The van der Waals surface area contributed by atoms with E-state index in [0.717, 1.165) is 6.20 Å². The van der Waals surface area contributed by atoms with Crippen molar-refractivity contribution in [3.8, 4) is 0 Å². The lowest BCUT2D eigenvalue weighted by molar-refractivity contribution is 0.0995. The summed E-state index contributed by atoms with van der Waals surface area (Å²) >= 11 is 0. The molecule has 1 aromatic rings. The molecule has 0 unspecified atom stereocenters. The molecule has 0 aliphatic heterocycles. The fourth-order valence-corrected chi connectivity index (χ4v) is 0.674. The maximum atomic E-state index is 12.5. The molecular weight excluding hydrogens is 147 g/mol. The Bertz CT molecular complexity index is 298. The number of nitrogens with zero attached hydrogens (tertiary/aromatic N) is 1. The van der Waals surface area contributed by atoms with Crippen LogP contribution in [0.15, 0.2) is 12.3 Å². The summed E-state index contributed by atoms with van der Waals surface area (Å²) in [5.74, 6) is -1.08. The number of rotatable bonds is 1. The number of primary amides is 1. The second-order valence-electron chi connectivity index (χ2n) is 2.18. The van der Waals surface area contributed by atoms with Crippen molar-refractivity contribution in [1.29, 1.82) is 0 Å². The fraction of sp³-hybridized carbons (Fsp3) is 0.143. The number of hydrogen-bond acceptors (Lipinski definition) is 2. The van der Waals surface area contributed by atoms with Gasteiger partial charge in [-0.3, -0.25) is 4.79 Å². The fourth-order valence-electron chi connectivity index (χ4n) is 0.674. The molecule has 58 valence electrons. The van der Waals surface area contributed by atoms with E-state index in [4.69, 9.17) is 5.73 Å². The topological polar surface area (TPSA) is 56.0 Å². The van der Waals surface area contributed by atoms with Gasteiger partial charge in [0.2, 0.25) is 0 Å². The van der Waals surface area contributed by atoms with Crippen molar-refractivity contribution >= 4 is 5.91 Å². The van der Waals surface area contributed by atoms with Gasteiger partial charge >= 0.3 is 0 Å². The Morgan fingerprint density at radius 1 is 1.73 bits per heavy atom. The van der Waals surface area contributed by atoms with Crippen LogP contribution in [-0.2, 0) is 0 Å². The van der Waals surface area contributed by atoms with E-state index in [2.05, 4.69) is 4.98 Å². The van der Waals surface area contributed by atoms with Gasteiger partial charge in [0, 0.05) is 0 Å². The van der Waals surface area contributed by atoms with Gasteiger partial charge in [-0.1, -0.05) is 0 Å². The zero-order valence-corrected chi connectivity index (χ0v) is 5.97. The van der Waals surface area contributed by atoms with Gasteiger partial charge in [-0.2, -0.15) is 0 Å². The molecule has 0 radical (unpaired) electrons. The van der Waals surface area contributed by atoms with Crippen molar-refractivity contribution < 1.29 is 9.18 Å². The average molecular weight is 154 g/mol. The van der Waals surface area contributed by atoms with Crippen molar-refractivity contribution in [1.82, 2.24) is 4.98 Å². The number of aryl methyl sites for hydroxylation is 1. The molecule has 1 rings (SSSR count). The van der Waals surface area contributed by atoms with Crippen molar-refractivity contribution in [2.45, 2.75) is 6.92 Å². The minimum atomic E-state index is -0.645. The van der Waals surface area contributed by atoms with Crippen LogP contribution in [-0.4, -0.2) is 10.9 Å². The maximum Gasteiger partial charge on any atom is 0.267 e. The Labute approximate surface area is 63.0 Å². The normalized spacial score (nSPS) is 9.64. The number of hydrogen-bond donors (Lipinski definition) is 1. The van der Waals surface area contributed by atoms with E-state index in [1.54, 1.807) is 6.92 Å². The smallest absolute Gasteiger partial charge is 0.267 e. The summed E-state index contributed by atoms with van der Waals surface area (Å²) in [5.41, 5.74) is 5.37. The number of carbonyl (C=O) groups is 1. The first-order chi connectivity index (χ1) is 5.11. The highest BCUT2D eigenvalue weighted by Crippen LogP contribution is 2.04. The maximum absolute atomic E-state index is 12.5. The van der Waals surface area contributed by atoms with Gasteiger partial charge in [-0.05, 0) is 18.6 Å². The first kappa shape index (κ1) is 7.65. The molecule has 0 atom stereocenters. The Hall–Kier alpha value is -1.45. The molecule has 0 fully saturated rings. The van der Waals surface area contributed by atoms with E-state index in [1.165, 1.54) is 6.07 Å². The Morgan fingerprint density at radius 2 is 2.36 bits per heavy atom. The number of pyridine rings is 1. The van der Waals surface area contributed by atoms with Crippen LogP contribution in [0.1, 0.15) is 16.1 Å². The zero-order valence-electron chi connectivity index (χ0n) is 5.97. The quantitative estimate of drug-likeness (QED) is 0.644. The van der Waals surface area contributed by atoms with Crippen molar-refractivity contribution in [2.24, 2.45) is 5.73 Å². The van der Waals surface area contributed by atoms with E-state index in [1.807, 2.05) is 0 Å². The zero-order chi connectivity index (χ0) is 8.43. The van der Waals surface area contributed by atoms with Crippen molar-refractivity contribution in [2.75, 3.05) is 0 Å². The minimum Gasteiger partial charge on any atom is -0.364 e. The number of nitrogens with two attached hydrogens (primary N) is 1. The molecule has 0 aliphatic rings. The van der Waals surface area contributed by atoms with E-state index in [9.17, 15) is 9.18 Å². The second kappa shape index (κ2) is 2.65. The lowest BCUT2D eigenvalue weighted by Crippen LogP contribution is -2.13. The average Bonchev–Trinajstić information content (AvgIpc) is 1.94. The van der Waals surface area contributed by atoms with E-state index in [-0.39, 0.29) is 5.69 Å². The van der Waals surface area contributed by atoms with Gasteiger partial charge < -0.3 is 5.73 Å². The Kier molecular flexibility index (Phi) is 1.85. The van der Waals surface area contributed by atoms with Crippen molar-refractivity contribution in [3.05, 3.63) is 29.3 Å². The van der Waals surface area contributed by atoms with Gasteiger partial charge in [0.05, 0.1) is 6.20 Å². The molecule has 1 amide bonds. The van der Waals surface area contributed by atoms with Gasteiger partial charge in [0.15, 0.2) is 0 Å². The predicted molar refractivity (Wildman–Crippen MR) is 37.4 cm³/mol. The molecule has 0 spiro atoms. The van der Waals surface area contributed by atoms with E-state index in [0.29, 0.717) is 5.56 Å². The first-order valence-corrected chi connectivity index (χ1v) is 3.03. The van der Waals surface area contributed by atoms with Crippen molar-refractivity contribution in [3.63, 3.8) is 0 Å². The second-order valence-corrected chi connectivity index (χ2v) is 2.18. The Balaban J connectivity index is 3.15. The monoisotopic (exact) mass is 154 g/mol. The molecule has 11 heavy (non-hydrogen) atoms. The highest BCUT2D eigenvalue weighted by Gasteiger charge is 2.03. The summed E-state index contributed by atoms with van der Waals surface area (Å²) in [6.07, 6.45) is 0.982. The first-order valence-electron chi connectivity index (χ1n) is 3.03. The van der Waals surface area contributed by atoms with Gasteiger partial charge in [-0.25, -0.2) is 9.37 Å². The number of amides is 1. The third-order valence-electron chi connectivity index (χ3n) is 1.30. The molecule has 0 bridgehead atoms. The summed E-state index contributed by atoms with van der Waals surface area (Å²) in [7, 11) is 0. The van der Waals surface area contributed by atoms with Crippen LogP contribution in [0.5, 0.6) is 0 Å². The molecule has 0 aliphatic carbocycles. The van der Waals surface area contributed by atoms with Crippen LogP contribution in [0.4, 0.5) is 4.39 Å². The van der Waals surface area contributed by atoms with Crippen LogP contribution < -0.4 is 5.73 Å². The third kappa shape index (κ3) is 1.52. The Morgan fingerprint density at radius 3 is 2.82 bits per heavy atom. The summed E-state index contributed by atoms with van der Waals surface area (Å²) < 4.78 is 12.5. The predicted octanol–water partition coefficient (Wildman–Crippen LogP) is 0.628. The molecule has 0 aromatic carbocycles. The lowest BCUT2D eigenvalue weighted by Gasteiger charge is -1.96. The number of halogens is 1. The SMILES string of the molecule is Cc1cc(C(N)=O)ncc1F. The molecular formula is C7H7FN2O. The van der Waals surface area contributed by atoms with Gasteiger partial charge in [0.25, 0.3) is 5.91 Å². The molecule has 1 aromatic heterocycles. The minimum absolute atomic E-state index is 0.0869. The van der Waals surface area contributed by atoms with Crippen LogP contribution in [0.2, 0.25) is 0 Å². The highest BCUT2D eigenvalue weighted by molar-refractivity contribution is 5.90. The summed E-state index contributed by atoms with van der Waals surface area (Å²) in [6, 6.07) is 1.32. The van der Waals surface area contributed by atoms with E-state index >= 15 is 0 Å². The summed E-state index contributed by atoms with van der Waals surface area (Å²) in [5, 5.41) is 0. The van der Waals surface area contributed by atoms with Crippen LogP contribution in [0, 0.1) is 12.7 Å². The van der Waals surface area contributed by atoms with Crippen LogP contribution >= 0.6 is 0 Å². The molecule has 0 saturated carbocycles. The highest BCUT2D eigenvalue weighted by atomic mass is 19.1. The molecule has 2 N–H and O–H groups in total. The number of carbonyl (C=O) groups excluding carboxylic acids is 1. The summed E-state index contributed by atoms with van der Waals surface area (Å²) in [6.45, 7) is 1.55. The van der Waals surface area contributed by atoms with E-state index < -0.39 is 11.7 Å². The van der Waals surface area contributed by atoms with Crippen LogP contribution in [0.25, 0.3) is 0 Å². The largest absolute Gasteiger partial charge is 0.364 e. The molecule has 4 heteroatoms. The number of aromatic nitrogens is 1. The molecule has 3 nitrogen and oxygen atoms in total. The summed E-state index contributed by atoms with van der Waals surface area (Å²) in [4.78, 5) is 14.0. The third-order valence-corrected chi connectivity index (χ3v) is 1.30. The van der Waals surface area contributed by atoms with Gasteiger partial charge in [0.1, 0.15) is 11.5 Å². The lowest BCUT2D eigenvalue weighted by atomic mass is 10.2. The molecule has 0 saturated heterocycles. The molecule has 1 heterocycles.